The van der Waals surface area contributed by atoms with Gasteiger partial charge in [-0.1, -0.05) is 18.6 Å². The Morgan fingerprint density at radius 1 is 1.39 bits per heavy atom. The topological polar surface area (TPSA) is 12.0 Å². The third-order valence-corrected chi connectivity index (χ3v) is 5.26. The average Bonchev–Trinajstić information content (AvgIpc) is 2.82. The smallest absolute Gasteiger partial charge is 0.0377 e. The molecule has 1 unspecified atom stereocenters. The summed E-state index contributed by atoms with van der Waals surface area (Å²) in [6, 6.07) is 0.481. The Kier molecular flexibility index (Phi) is 5.93. The van der Waals surface area contributed by atoms with E-state index in [0.717, 1.165) is 6.54 Å². The van der Waals surface area contributed by atoms with E-state index in [1.165, 1.54) is 48.6 Å². The van der Waals surface area contributed by atoms with Crippen molar-refractivity contribution in [1.29, 1.82) is 0 Å². The molecule has 100 valence electrons. The van der Waals surface area contributed by atoms with Crippen LogP contribution in [-0.4, -0.2) is 6.54 Å². The summed E-state index contributed by atoms with van der Waals surface area (Å²) >= 11 is 5.46. The van der Waals surface area contributed by atoms with Crippen molar-refractivity contribution in [3.63, 3.8) is 0 Å². The molecular weight excluding hydrogens is 306 g/mol. The average molecular weight is 328 g/mol. The lowest BCUT2D eigenvalue weighted by molar-refractivity contribution is 0.511. The molecular formula is C15H22BrNS. The molecule has 0 aromatic carbocycles. The number of rotatable bonds is 6. The first kappa shape index (κ1) is 14.3. The Balaban J connectivity index is 2.05. The zero-order valence-corrected chi connectivity index (χ0v) is 13.4. The van der Waals surface area contributed by atoms with Crippen LogP contribution in [0.2, 0.25) is 0 Å². The summed E-state index contributed by atoms with van der Waals surface area (Å²) in [5.41, 5.74) is 3.08. The summed E-state index contributed by atoms with van der Waals surface area (Å²) in [6.07, 6.45) is 10.2. The van der Waals surface area contributed by atoms with E-state index in [2.05, 4.69) is 45.0 Å². The Morgan fingerprint density at radius 2 is 2.28 bits per heavy atom. The first-order valence-corrected chi connectivity index (χ1v) is 8.67. The number of allylic oxidation sites excluding steroid dienone is 1. The molecule has 0 spiro atoms. The van der Waals surface area contributed by atoms with Gasteiger partial charge in [0.1, 0.15) is 0 Å². The summed E-state index contributed by atoms with van der Waals surface area (Å²) in [5.74, 6) is 0. The van der Waals surface area contributed by atoms with E-state index in [4.69, 9.17) is 0 Å². The number of nitrogens with one attached hydrogen (secondary N) is 1. The lowest BCUT2D eigenvalue weighted by Crippen LogP contribution is -2.22. The van der Waals surface area contributed by atoms with Crippen molar-refractivity contribution in [2.24, 2.45) is 0 Å². The number of hydrogen-bond acceptors (Lipinski definition) is 2. The number of hydrogen-bond donors (Lipinski definition) is 1. The lowest BCUT2D eigenvalue weighted by Gasteiger charge is -2.22. The molecule has 1 atom stereocenters. The van der Waals surface area contributed by atoms with Gasteiger partial charge in [-0.3, -0.25) is 0 Å². The molecule has 0 saturated carbocycles. The van der Waals surface area contributed by atoms with Crippen LogP contribution in [0.3, 0.4) is 0 Å². The highest BCUT2D eigenvalue weighted by atomic mass is 79.9. The Labute approximate surface area is 123 Å². The van der Waals surface area contributed by atoms with Crippen molar-refractivity contribution in [2.45, 2.75) is 51.5 Å². The van der Waals surface area contributed by atoms with Crippen LogP contribution in [0.25, 0.3) is 0 Å². The summed E-state index contributed by atoms with van der Waals surface area (Å²) < 4.78 is 1.26. The second-order valence-corrected chi connectivity index (χ2v) is 6.59. The van der Waals surface area contributed by atoms with Gasteiger partial charge in [0.25, 0.3) is 0 Å². The van der Waals surface area contributed by atoms with Gasteiger partial charge in [0.15, 0.2) is 0 Å². The Bertz CT molecular complexity index is 397. The molecule has 0 saturated heterocycles. The van der Waals surface area contributed by atoms with Gasteiger partial charge >= 0.3 is 0 Å². The molecule has 0 aliphatic heterocycles. The standard InChI is InChI=1S/C15H22BrNS/c1-2-8-17-15(13-10-18-11-14(13)16)9-12-6-4-3-5-7-12/h6,10-11,15,17H,2-5,7-9H2,1H3. The second kappa shape index (κ2) is 7.46. The van der Waals surface area contributed by atoms with Crippen molar-refractivity contribution in [3.05, 3.63) is 32.4 Å². The molecule has 1 aromatic rings. The molecule has 0 bridgehead atoms. The van der Waals surface area contributed by atoms with Crippen LogP contribution in [-0.2, 0) is 0 Å². The molecule has 1 aromatic heterocycles. The van der Waals surface area contributed by atoms with Crippen molar-refractivity contribution in [1.82, 2.24) is 5.32 Å². The fourth-order valence-electron chi connectivity index (χ4n) is 2.50. The minimum Gasteiger partial charge on any atom is -0.310 e. The summed E-state index contributed by atoms with van der Waals surface area (Å²) in [7, 11) is 0. The molecule has 0 amide bonds. The van der Waals surface area contributed by atoms with Gasteiger partial charge in [0.05, 0.1) is 0 Å². The van der Waals surface area contributed by atoms with E-state index < -0.39 is 0 Å². The van der Waals surface area contributed by atoms with Crippen LogP contribution in [0.5, 0.6) is 0 Å². The summed E-state index contributed by atoms with van der Waals surface area (Å²) in [4.78, 5) is 0. The van der Waals surface area contributed by atoms with Crippen LogP contribution in [0.1, 0.15) is 57.1 Å². The maximum atomic E-state index is 3.70. The predicted molar refractivity (Wildman–Crippen MR) is 84.2 cm³/mol. The maximum Gasteiger partial charge on any atom is 0.0377 e. The molecule has 3 heteroatoms. The van der Waals surface area contributed by atoms with Crippen LogP contribution in [0, 0.1) is 0 Å². The molecule has 1 aliphatic rings. The van der Waals surface area contributed by atoms with E-state index in [9.17, 15) is 0 Å². The normalized spacial score (nSPS) is 17.6. The minimum atomic E-state index is 0.481. The van der Waals surface area contributed by atoms with E-state index in [-0.39, 0.29) is 0 Å². The monoisotopic (exact) mass is 327 g/mol. The Morgan fingerprint density at radius 3 is 2.89 bits per heavy atom. The Hall–Kier alpha value is -0.120. The highest BCUT2D eigenvalue weighted by Gasteiger charge is 2.17. The SMILES string of the molecule is CCCNC(CC1=CCCCC1)c1cscc1Br. The zero-order chi connectivity index (χ0) is 12.8. The van der Waals surface area contributed by atoms with Crippen molar-refractivity contribution in [3.8, 4) is 0 Å². The molecule has 1 N–H and O–H groups in total. The molecule has 2 rings (SSSR count). The number of halogens is 1. The van der Waals surface area contributed by atoms with Crippen molar-refractivity contribution in [2.75, 3.05) is 6.54 Å². The second-order valence-electron chi connectivity index (χ2n) is 4.99. The van der Waals surface area contributed by atoms with Gasteiger partial charge in [-0.2, -0.15) is 11.3 Å². The van der Waals surface area contributed by atoms with Crippen LogP contribution in [0.4, 0.5) is 0 Å². The zero-order valence-electron chi connectivity index (χ0n) is 11.0. The van der Waals surface area contributed by atoms with Gasteiger partial charge < -0.3 is 5.32 Å². The highest BCUT2D eigenvalue weighted by molar-refractivity contribution is 9.10. The van der Waals surface area contributed by atoms with Crippen LogP contribution >= 0.6 is 27.3 Å². The molecule has 1 heterocycles. The maximum absolute atomic E-state index is 3.70. The van der Waals surface area contributed by atoms with E-state index in [1.807, 2.05) is 0 Å². The van der Waals surface area contributed by atoms with Crippen LogP contribution < -0.4 is 5.32 Å². The van der Waals surface area contributed by atoms with Gasteiger partial charge in [-0.05, 0) is 71.9 Å². The first-order chi connectivity index (χ1) is 8.81. The minimum absolute atomic E-state index is 0.481. The number of thiophene rings is 1. The molecule has 0 fully saturated rings. The molecule has 0 radical (unpaired) electrons. The van der Waals surface area contributed by atoms with Crippen molar-refractivity contribution < 1.29 is 0 Å². The van der Waals surface area contributed by atoms with Gasteiger partial charge in [0, 0.05) is 15.9 Å². The van der Waals surface area contributed by atoms with Gasteiger partial charge in [0.2, 0.25) is 0 Å². The summed E-state index contributed by atoms with van der Waals surface area (Å²) in [6.45, 7) is 3.33. The quantitative estimate of drug-likeness (QED) is 0.686. The van der Waals surface area contributed by atoms with Gasteiger partial charge in [-0.25, -0.2) is 0 Å². The summed E-state index contributed by atoms with van der Waals surface area (Å²) in [5, 5.41) is 8.16. The van der Waals surface area contributed by atoms with Crippen LogP contribution in [0.15, 0.2) is 26.9 Å². The fraction of sp³-hybridized carbons (Fsp3) is 0.600. The largest absolute Gasteiger partial charge is 0.310 e. The van der Waals surface area contributed by atoms with Crippen molar-refractivity contribution >= 4 is 27.3 Å². The molecule has 1 nitrogen and oxygen atoms in total. The van der Waals surface area contributed by atoms with E-state index >= 15 is 0 Å². The third-order valence-electron chi connectivity index (χ3n) is 3.51. The van der Waals surface area contributed by atoms with Gasteiger partial charge in [-0.15, -0.1) is 0 Å². The van der Waals surface area contributed by atoms with E-state index in [0.29, 0.717) is 6.04 Å². The highest BCUT2D eigenvalue weighted by Crippen LogP contribution is 2.33. The van der Waals surface area contributed by atoms with E-state index in [1.54, 1.807) is 16.9 Å². The predicted octanol–water partition coefficient (Wildman–Crippen LogP) is 5.44. The third kappa shape index (κ3) is 3.94. The molecule has 1 aliphatic carbocycles. The molecule has 18 heavy (non-hydrogen) atoms. The lowest BCUT2D eigenvalue weighted by atomic mass is 9.92. The fourth-order valence-corrected chi connectivity index (χ4v) is 4.13. The first-order valence-electron chi connectivity index (χ1n) is 6.94.